The summed E-state index contributed by atoms with van der Waals surface area (Å²) in [7, 11) is 1.15. The van der Waals surface area contributed by atoms with E-state index in [0.717, 1.165) is 33.0 Å². The van der Waals surface area contributed by atoms with Crippen molar-refractivity contribution in [2.75, 3.05) is 7.11 Å². The number of Topliss-reactive ketones (excluding diaryl/α,β-unsaturated/α-hetero) is 4. The number of fused-ring (bicyclic) bond motifs is 3. The first-order valence-corrected chi connectivity index (χ1v) is 20.4. The van der Waals surface area contributed by atoms with Gasteiger partial charge < -0.3 is 54.0 Å². The normalized spacial score (nSPS) is 34.6. The highest BCUT2D eigenvalue weighted by Gasteiger charge is 2.71. The third-order valence-corrected chi connectivity index (χ3v) is 12.5. The number of allylic oxidation sites excluding steroid dienone is 3. The fourth-order valence-corrected chi connectivity index (χ4v) is 9.38. The van der Waals surface area contributed by atoms with Crippen molar-refractivity contribution < 1.29 is 82.7 Å². The molecular weight excluding hydrogens is 800 g/mol. The molecule has 0 aromatic heterocycles. The fraction of sp³-hybridized carbons (Fsp3) is 0.591. The average molecular weight is 855 g/mol. The number of ether oxygens (including phenoxy) is 6. The van der Waals surface area contributed by atoms with Crippen LogP contribution in [0.15, 0.2) is 34.8 Å². The molecule has 5 aliphatic rings. The molecule has 5 N–H and O–H groups in total. The lowest BCUT2D eigenvalue weighted by Crippen LogP contribution is -2.74. The molecule has 332 valence electrons. The van der Waals surface area contributed by atoms with Crippen LogP contribution in [0.25, 0.3) is 0 Å². The Bertz CT molecular complexity index is 2160. The van der Waals surface area contributed by atoms with Crippen LogP contribution in [0.1, 0.15) is 123 Å². The number of aliphatic hydroxyl groups is 4. The number of carbonyl (C=O) groups excluding carboxylic acids is 6. The Hall–Kier alpha value is -4.62. The molecule has 2 saturated heterocycles. The van der Waals surface area contributed by atoms with Gasteiger partial charge in [0.05, 0.1) is 36.5 Å². The van der Waals surface area contributed by atoms with Crippen molar-refractivity contribution in [3.8, 4) is 5.75 Å². The Balaban J connectivity index is 1.22. The van der Waals surface area contributed by atoms with Gasteiger partial charge in [0, 0.05) is 36.5 Å². The second kappa shape index (κ2) is 16.6. The zero-order chi connectivity index (χ0) is 45.3. The number of ketones is 5. The van der Waals surface area contributed by atoms with E-state index in [0.29, 0.717) is 5.57 Å². The number of benzene rings is 1. The van der Waals surface area contributed by atoms with Gasteiger partial charge in [0.25, 0.3) is 0 Å². The van der Waals surface area contributed by atoms with E-state index in [1.807, 2.05) is 13.0 Å². The smallest absolute Gasteiger partial charge is 0.333 e. The van der Waals surface area contributed by atoms with Crippen LogP contribution in [0.2, 0.25) is 0 Å². The number of rotatable bonds is 11. The number of aliphatic hydroxyl groups excluding tert-OH is 1. The minimum Gasteiger partial charge on any atom is -0.508 e. The zero-order valence-corrected chi connectivity index (χ0v) is 35.7. The summed E-state index contributed by atoms with van der Waals surface area (Å²) >= 11 is 0. The number of phenols is 1. The Morgan fingerprint density at radius 1 is 0.967 bits per heavy atom. The van der Waals surface area contributed by atoms with E-state index in [4.69, 9.17) is 28.4 Å². The van der Waals surface area contributed by atoms with Gasteiger partial charge in [-0.15, -0.1) is 0 Å². The molecule has 0 bridgehead atoms. The Kier molecular flexibility index (Phi) is 12.5. The molecule has 11 unspecified atom stereocenters. The van der Waals surface area contributed by atoms with Crippen LogP contribution in [0, 0.1) is 12.8 Å². The number of carbonyl (C=O) groups is 6. The fourth-order valence-electron chi connectivity index (χ4n) is 9.38. The third-order valence-electron chi connectivity index (χ3n) is 12.5. The molecule has 0 amide bonds. The highest BCUT2D eigenvalue weighted by atomic mass is 16.7. The Morgan fingerprint density at radius 2 is 1.62 bits per heavy atom. The Morgan fingerprint density at radius 3 is 2.21 bits per heavy atom. The van der Waals surface area contributed by atoms with Gasteiger partial charge in [-0.2, -0.15) is 0 Å². The van der Waals surface area contributed by atoms with E-state index in [1.54, 1.807) is 20.8 Å². The van der Waals surface area contributed by atoms with Crippen LogP contribution in [0.5, 0.6) is 5.75 Å². The first-order valence-electron chi connectivity index (χ1n) is 20.4. The van der Waals surface area contributed by atoms with Crippen molar-refractivity contribution in [2.24, 2.45) is 5.92 Å². The minimum absolute atomic E-state index is 0.0139. The summed E-state index contributed by atoms with van der Waals surface area (Å²) in [6.07, 6.45) is -4.07. The highest BCUT2D eigenvalue weighted by Crippen LogP contribution is 2.52. The van der Waals surface area contributed by atoms with E-state index < -0.39 is 129 Å². The average Bonchev–Trinajstić information content (AvgIpc) is 3.17. The molecular formula is C44H54O17. The number of phenolic OH excluding ortho intramolecular Hbond substituents is 1. The number of methoxy groups -OCH3 is 1. The minimum atomic E-state index is -3.47. The van der Waals surface area contributed by atoms with Crippen LogP contribution in [-0.4, -0.2) is 127 Å². The van der Waals surface area contributed by atoms with Crippen LogP contribution in [0.4, 0.5) is 0 Å². The lowest BCUT2D eigenvalue weighted by molar-refractivity contribution is -0.316. The van der Waals surface area contributed by atoms with E-state index in [-0.39, 0.29) is 47.6 Å². The predicted octanol–water partition coefficient (Wildman–Crippen LogP) is 3.27. The van der Waals surface area contributed by atoms with Crippen LogP contribution in [0.3, 0.4) is 0 Å². The van der Waals surface area contributed by atoms with Crippen LogP contribution >= 0.6 is 0 Å². The second-order valence-electron chi connectivity index (χ2n) is 17.1. The maximum Gasteiger partial charge on any atom is 0.333 e. The molecule has 1 aromatic carbocycles. The number of esters is 1. The molecule has 61 heavy (non-hydrogen) atoms. The molecule has 0 spiro atoms. The molecule has 3 aliphatic carbocycles. The molecule has 6 rings (SSSR count). The van der Waals surface area contributed by atoms with Crippen molar-refractivity contribution in [1.29, 1.82) is 0 Å². The highest BCUT2D eigenvalue weighted by molar-refractivity contribution is 6.29. The van der Waals surface area contributed by atoms with Gasteiger partial charge in [-0.05, 0) is 71.4 Å². The summed E-state index contributed by atoms with van der Waals surface area (Å²) in [5.74, 6) is -8.89. The number of hydrogen-bond donors (Lipinski definition) is 5. The number of hydrogen-bond acceptors (Lipinski definition) is 17. The third kappa shape index (κ3) is 7.57. The largest absolute Gasteiger partial charge is 0.508 e. The van der Waals surface area contributed by atoms with Crippen LogP contribution in [-0.2, 0) is 49.2 Å². The lowest BCUT2D eigenvalue weighted by Gasteiger charge is -2.52. The molecule has 0 radical (unpaired) electrons. The number of aromatic hydroxyl groups is 1. The lowest BCUT2D eigenvalue weighted by atomic mass is 9.58. The molecule has 2 heterocycles. The van der Waals surface area contributed by atoms with Crippen molar-refractivity contribution >= 4 is 34.9 Å². The van der Waals surface area contributed by atoms with Gasteiger partial charge in [-0.25, -0.2) is 4.79 Å². The van der Waals surface area contributed by atoms with Gasteiger partial charge >= 0.3 is 5.97 Å². The topological polar surface area (TPSA) is 259 Å². The van der Waals surface area contributed by atoms with Gasteiger partial charge in [0.15, 0.2) is 42.1 Å². The van der Waals surface area contributed by atoms with E-state index >= 15 is 0 Å². The maximum atomic E-state index is 14.4. The van der Waals surface area contributed by atoms with Crippen LogP contribution < -0.4 is 0 Å². The quantitative estimate of drug-likeness (QED) is 0.122. The summed E-state index contributed by atoms with van der Waals surface area (Å²) < 4.78 is 35.2. The van der Waals surface area contributed by atoms with Crippen molar-refractivity contribution in [2.45, 2.75) is 154 Å². The van der Waals surface area contributed by atoms with Crippen molar-refractivity contribution in [1.82, 2.24) is 0 Å². The second-order valence-corrected chi connectivity index (χ2v) is 17.1. The van der Waals surface area contributed by atoms with E-state index in [1.165, 1.54) is 13.8 Å². The molecule has 1 aromatic rings. The summed E-state index contributed by atoms with van der Waals surface area (Å²) in [6.45, 7) is 12.7. The first-order chi connectivity index (χ1) is 28.4. The molecule has 0 saturated carbocycles. The van der Waals surface area contributed by atoms with Crippen molar-refractivity contribution in [3.63, 3.8) is 0 Å². The maximum absolute atomic E-state index is 14.4. The SMILES string of the molecule is CCCC(C)/C=C(/C)C(=O)OC1C(C)OC(OC2CCC(OC3C(=O)C(C(C)=O)=C(O)C4(O)C(=O)c5c(O)c6c(c(C)c5CC34O)C(=O)C(OC)=CC6=O)OC2C)CC1(C)O. The summed E-state index contributed by atoms with van der Waals surface area (Å²) in [5.41, 5.74) is -10.6. The van der Waals surface area contributed by atoms with Crippen molar-refractivity contribution in [3.05, 3.63) is 62.6 Å². The van der Waals surface area contributed by atoms with Gasteiger partial charge in [-0.1, -0.05) is 26.3 Å². The molecule has 2 aliphatic heterocycles. The molecule has 17 heteroatoms. The summed E-state index contributed by atoms with van der Waals surface area (Å²) in [5, 5.41) is 58.8. The molecule has 17 nitrogen and oxygen atoms in total. The van der Waals surface area contributed by atoms with Gasteiger partial charge in [-0.3, -0.25) is 24.0 Å². The summed E-state index contributed by atoms with van der Waals surface area (Å²) in [6, 6.07) is 0. The van der Waals surface area contributed by atoms with E-state index in [9.17, 15) is 54.3 Å². The molecule has 2 fully saturated rings. The predicted molar refractivity (Wildman–Crippen MR) is 210 cm³/mol. The summed E-state index contributed by atoms with van der Waals surface area (Å²) in [4.78, 5) is 80.7. The monoisotopic (exact) mass is 854 g/mol. The van der Waals surface area contributed by atoms with Gasteiger partial charge in [0.2, 0.25) is 23.0 Å². The Labute approximate surface area is 352 Å². The zero-order valence-electron chi connectivity index (χ0n) is 35.7. The molecule has 11 atom stereocenters. The first kappa shape index (κ1) is 45.9. The van der Waals surface area contributed by atoms with E-state index in [2.05, 4.69) is 6.92 Å². The standard InChI is InChI=1S/C44H54O17/c1-10-11-18(2)14-19(3)41(52)61-39-23(7)58-29(17-42(39,8)53)59-26-12-13-28(57-22(26)6)60-40-36(49)31(21(5)45)37(50)44(55)38(51)32-24(16-43(40,44)54)20(4)30-33(35(32)48)25(46)15-27(56-9)34(30)47/h14-15,18,22-23,26,28-29,39-40,48,50,53-55H,10-13,16-17H2,1-9H3/b19-14-. The van der Waals surface area contributed by atoms with Gasteiger partial charge in [0.1, 0.15) is 28.3 Å².